The number of carbonyl (C=O) groups is 2. The van der Waals surface area contributed by atoms with Crippen molar-refractivity contribution in [2.24, 2.45) is 0 Å². The Bertz CT molecular complexity index is 1250. The van der Waals surface area contributed by atoms with Gasteiger partial charge in [0.2, 0.25) is 11.8 Å². The summed E-state index contributed by atoms with van der Waals surface area (Å²) < 4.78 is 5.77. The number of ketones is 1. The fraction of sp³-hybridized carbons (Fsp3) is 0.154. The summed E-state index contributed by atoms with van der Waals surface area (Å²) in [5.74, 6) is 0.372. The summed E-state index contributed by atoms with van der Waals surface area (Å²) in [4.78, 5) is 27.4. The molecule has 0 aliphatic heterocycles. The van der Waals surface area contributed by atoms with Crippen LogP contribution in [0.4, 0.5) is 0 Å². The average molecular weight is 460 g/mol. The van der Waals surface area contributed by atoms with Gasteiger partial charge in [-0.2, -0.15) is 0 Å². The molecule has 1 heterocycles. The lowest BCUT2D eigenvalue weighted by molar-refractivity contribution is 0.0728. The van der Waals surface area contributed by atoms with E-state index < -0.39 is 0 Å². The maximum Gasteiger partial charge on any atom is 0.254 e. The number of halogens is 1. The van der Waals surface area contributed by atoms with E-state index in [9.17, 15) is 9.59 Å². The molecule has 166 valence electrons. The highest BCUT2D eigenvalue weighted by Crippen LogP contribution is 2.26. The number of hydrogen-bond acceptors (Lipinski definition) is 5. The van der Waals surface area contributed by atoms with Crippen molar-refractivity contribution in [2.45, 2.75) is 19.9 Å². The summed E-state index contributed by atoms with van der Waals surface area (Å²) in [7, 11) is 0. The predicted octanol–water partition coefficient (Wildman–Crippen LogP) is 5.67. The predicted molar refractivity (Wildman–Crippen MR) is 126 cm³/mol. The molecule has 0 N–H and O–H groups in total. The van der Waals surface area contributed by atoms with E-state index in [2.05, 4.69) is 10.2 Å². The smallest absolute Gasteiger partial charge is 0.254 e. The van der Waals surface area contributed by atoms with Crippen LogP contribution in [-0.4, -0.2) is 33.3 Å². The van der Waals surface area contributed by atoms with Gasteiger partial charge in [-0.15, -0.1) is 10.2 Å². The first-order valence-corrected chi connectivity index (χ1v) is 11.0. The number of amides is 1. The van der Waals surface area contributed by atoms with Crippen LogP contribution in [0.1, 0.15) is 45.5 Å². The van der Waals surface area contributed by atoms with Crippen molar-refractivity contribution in [1.82, 2.24) is 15.1 Å². The topological polar surface area (TPSA) is 76.3 Å². The highest BCUT2D eigenvalue weighted by atomic mass is 35.5. The molecule has 4 aromatic rings. The van der Waals surface area contributed by atoms with E-state index in [1.165, 1.54) is 0 Å². The minimum absolute atomic E-state index is 0.0852. The van der Waals surface area contributed by atoms with Crippen molar-refractivity contribution >= 4 is 23.3 Å². The van der Waals surface area contributed by atoms with Crippen LogP contribution >= 0.6 is 11.6 Å². The minimum Gasteiger partial charge on any atom is -0.419 e. The fourth-order valence-electron chi connectivity index (χ4n) is 3.45. The lowest BCUT2D eigenvalue weighted by atomic mass is 10.0. The Morgan fingerprint density at radius 3 is 2.18 bits per heavy atom. The Kier molecular flexibility index (Phi) is 6.95. The molecular formula is C26H22ClN3O3. The molecule has 0 saturated heterocycles. The van der Waals surface area contributed by atoms with Gasteiger partial charge in [0.25, 0.3) is 5.91 Å². The largest absolute Gasteiger partial charge is 0.419 e. The first-order chi connectivity index (χ1) is 16.1. The third kappa shape index (κ3) is 5.18. The molecule has 0 aliphatic rings. The van der Waals surface area contributed by atoms with Crippen LogP contribution in [0.5, 0.6) is 0 Å². The lowest BCUT2D eigenvalue weighted by Gasteiger charge is -2.20. The van der Waals surface area contributed by atoms with E-state index in [-0.39, 0.29) is 18.2 Å². The first kappa shape index (κ1) is 22.4. The van der Waals surface area contributed by atoms with Gasteiger partial charge >= 0.3 is 0 Å². The molecule has 1 aromatic heterocycles. The zero-order valence-corrected chi connectivity index (χ0v) is 18.8. The van der Waals surface area contributed by atoms with E-state index in [1.54, 1.807) is 53.4 Å². The third-order valence-corrected chi connectivity index (χ3v) is 5.44. The molecule has 3 aromatic carbocycles. The number of carbonyl (C=O) groups excluding carboxylic acids is 2. The van der Waals surface area contributed by atoms with Crippen LogP contribution in [0.15, 0.2) is 83.3 Å². The van der Waals surface area contributed by atoms with Crippen molar-refractivity contribution < 1.29 is 14.0 Å². The standard InChI is InChI=1S/C26H22ClN3O3/c1-2-16-30(17-23-28-29-25(33-23)21-10-6-7-11-22(21)27)26(32)20-14-12-19(13-15-20)24(31)18-8-4-3-5-9-18/h3-15H,2,16-17H2,1H3. The summed E-state index contributed by atoms with van der Waals surface area (Å²) in [6, 6.07) is 22.9. The summed E-state index contributed by atoms with van der Waals surface area (Å²) in [6.07, 6.45) is 0.766. The van der Waals surface area contributed by atoms with Crippen molar-refractivity contribution in [3.05, 3.63) is 106 Å². The van der Waals surface area contributed by atoms with Crippen molar-refractivity contribution in [1.29, 1.82) is 0 Å². The molecule has 0 fully saturated rings. The first-order valence-electron chi connectivity index (χ1n) is 10.6. The highest BCUT2D eigenvalue weighted by molar-refractivity contribution is 6.33. The second kappa shape index (κ2) is 10.2. The van der Waals surface area contributed by atoms with Crippen LogP contribution in [0, 0.1) is 0 Å². The Labute approximate surface area is 196 Å². The minimum atomic E-state index is -0.173. The molecule has 0 aliphatic carbocycles. The maximum atomic E-state index is 13.2. The molecule has 1 amide bonds. The summed E-state index contributed by atoms with van der Waals surface area (Å²) in [5.41, 5.74) is 2.26. The number of hydrogen-bond donors (Lipinski definition) is 0. The maximum absolute atomic E-state index is 13.2. The Balaban J connectivity index is 1.50. The molecule has 0 spiro atoms. The van der Waals surface area contributed by atoms with Crippen LogP contribution in [0.25, 0.3) is 11.5 Å². The molecule has 0 saturated carbocycles. The lowest BCUT2D eigenvalue weighted by Crippen LogP contribution is -2.31. The van der Waals surface area contributed by atoms with E-state index in [1.807, 2.05) is 37.3 Å². The van der Waals surface area contributed by atoms with Crippen molar-refractivity contribution in [2.75, 3.05) is 6.54 Å². The molecule has 7 heteroatoms. The number of nitrogens with zero attached hydrogens (tertiary/aromatic N) is 3. The third-order valence-electron chi connectivity index (χ3n) is 5.11. The second-order valence-electron chi connectivity index (χ2n) is 7.48. The monoisotopic (exact) mass is 459 g/mol. The van der Waals surface area contributed by atoms with E-state index in [0.717, 1.165) is 6.42 Å². The SMILES string of the molecule is CCCN(Cc1nnc(-c2ccccc2Cl)o1)C(=O)c1ccc(C(=O)c2ccccc2)cc1. The number of aromatic nitrogens is 2. The van der Waals surface area contributed by atoms with E-state index in [0.29, 0.717) is 45.6 Å². The zero-order valence-electron chi connectivity index (χ0n) is 18.1. The number of rotatable bonds is 8. The fourth-order valence-corrected chi connectivity index (χ4v) is 3.67. The molecule has 0 radical (unpaired) electrons. The van der Waals surface area contributed by atoms with Crippen molar-refractivity contribution in [3.8, 4) is 11.5 Å². The summed E-state index contributed by atoms with van der Waals surface area (Å²) in [5, 5.41) is 8.68. The van der Waals surface area contributed by atoms with Crippen LogP contribution < -0.4 is 0 Å². The van der Waals surface area contributed by atoms with Gasteiger partial charge in [0, 0.05) is 23.2 Å². The normalized spacial score (nSPS) is 10.7. The molecule has 4 rings (SSSR count). The molecule has 33 heavy (non-hydrogen) atoms. The van der Waals surface area contributed by atoms with Gasteiger partial charge in [-0.05, 0) is 30.7 Å². The highest BCUT2D eigenvalue weighted by Gasteiger charge is 2.20. The average Bonchev–Trinajstić information content (AvgIpc) is 3.32. The molecule has 0 atom stereocenters. The van der Waals surface area contributed by atoms with Crippen LogP contribution in [0.2, 0.25) is 5.02 Å². The quantitative estimate of drug-likeness (QED) is 0.317. The second-order valence-corrected chi connectivity index (χ2v) is 7.89. The van der Waals surface area contributed by atoms with Crippen molar-refractivity contribution in [3.63, 3.8) is 0 Å². The van der Waals surface area contributed by atoms with Gasteiger partial charge < -0.3 is 9.32 Å². The molecule has 0 bridgehead atoms. The van der Waals surface area contributed by atoms with Gasteiger partial charge in [-0.3, -0.25) is 9.59 Å². The molecular weight excluding hydrogens is 438 g/mol. The Morgan fingerprint density at radius 2 is 1.48 bits per heavy atom. The van der Waals surface area contributed by atoms with Gasteiger partial charge in [0.15, 0.2) is 5.78 Å². The summed E-state index contributed by atoms with van der Waals surface area (Å²) in [6.45, 7) is 2.69. The van der Waals surface area contributed by atoms with Gasteiger partial charge in [0.05, 0.1) is 17.1 Å². The van der Waals surface area contributed by atoms with Gasteiger partial charge in [-0.25, -0.2) is 0 Å². The Morgan fingerprint density at radius 1 is 0.848 bits per heavy atom. The Hall–Kier alpha value is -3.77. The molecule has 6 nitrogen and oxygen atoms in total. The van der Waals surface area contributed by atoms with Crippen LogP contribution in [-0.2, 0) is 6.54 Å². The van der Waals surface area contributed by atoms with Crippen LogP contribution in [0.3, 0.4) is 0 Å². The van der Waals surface area contributed by atoms with E-state index in [4.69, 9.17) is 16.0 Å². The van der Waals surface area contributed by atoms with Gasteiger partial charge in [0.1, 0.15) is 0 Å². The van der Waals surface area contributed by atoms with Gasteiger partial charge in [-0.1, -0.05) is 73.1 Å². The number of benzene rings is 3. The summed E-state index contributed by atoms with van der Waals surface area (Å²) >= 11 is 6.21. The van der Waals surface area contributed by atoms with E-state index >= 15 is 0 Å². The molecule has 0 unspecified atom stereocenters. The zero-order chi connectivity index (χ0) is 23.2.